The second kappa shape index (κ2) is 6.36. The molecule has 0 saturated carbocycles. The number of aromatic carboxylic acids is 1. The molecule has 0 aliphatic heterocycles. The summed E-state index contributed by atoms with van der Waals surface area (Å²) >= 11 is 1.64. The van der Waals surface area contributed by atoms with Gasteiger partial charge in [-0.05, 0) is 11.4 Å². The topological polar surface area (TPSA) is 75.1 Å². The van der Waals surface area contributed by atoms with E-state index >= 15 is 0 Å². The molecule has 0 bridgehead atoms. The molecule has 2 N–H and O–H groups in total. The number of nitrogens with one attached hydrogen (secondary N) is 1. The fourth-order valence-electron chi connectivity index (χ4n) is 2.02. The zero-order chi connectivity index (χ0) is 15.4. The van der Waals surface area contributed by atoms with Crippen LogP contribution in [0.3, 0.4) is 0 Å². The summed E-state index contributed by atoms with van der Waals surface area (Å²) in [5.41, 5.74) is 1.26. The molecule has 22 heavy (non-hydrogen) atoms. The highest BCUT2D eigenvalue weighted by molar-refractivity contribution is 7.09. The van der Waals surface area contributed by atoms with Gasteiger partial charge in [-0.15, -0.1) is 11.3 Å². The highest BCUT2D eigenvalue weighted by Crippen LogP contribution is 2.22. The molecule has 0 radical (unpaired) electrons. The van der Waals surface area contributed by atoms with E-state index in [9.17, 15) is 9.90 Å². The molecule has 0 aliphatic carbocycles. The summed E-state index contributed by atoms with van der Waals surface area (Å²) in [5.74, 6) is -0.624. The minimum Gasteiger partial charge on any atom is -0.478 e. The zero-order valence-electron chi connectivity index (χ0n) is 11.6. The highest BCUT2D eigenvalue weighted by Gasteiger charge is 2.15. The van der Waals surface area contributed by atoms with Crippen molar-refractivity contribution in [2.45, 2.75) is 6.54 Å². The van der Waals surface area contributed by atoms with Crippen LogP contribution in [0.4, 0.5) is 5.95 Å². The standard InChI is InChI=1S/C16H13N3O2S/c20-15(21)13-10-18-16(17-9-12-7-4-8-22-12)19-14(13)11-5-2-1-3-6-11/h1-8,10H,9H2,(H,20,21)(H,17,18,19). The van der Waals surface area contributed by atoms with Gasteiger partial charge in [-0.2, -0.15) is 0 Å². The third-order valence-electron chi connectivity index (χ3n) is 3.07. The normalized spacial score (nSPS) is 10.4. The van der Waals surface area contributed by atoms with E-state index < -0.39 is 5.97 Å². The second-order valence-corrected chi connectivity index (χ2v) is 5.59. The van der Waals surface area contributed by atoms with Gasteiger partial charge in [-0.1, -0.05) is 36.4 Å². The molecule has 0 amide bonds. The second-order valence-electron chi connectivity index (χ2n) is 4.56. The summed E-state index contributed by atoms with van der Waals surface area (Å²) in [4.78, 5) is 21.0. The van der Waals surface area contributed by atoms with Gasteiger partial charge in [0.15, 0.2) is 0 Å². The van der Waals surface area contributed by atoms with Crippen LogP contribution in [-0.2, 0) is 6.54 Å². The number of nitrogens with zero attached hydrogens (tertiary/aromatic N) is 2. The molecule has 0 unspecified atom stereocenters. The van der Waals surface area contributed by atoms with Crippen molar-refractivity contribution in [3.63, 3.8) is 0 Å². The number of carboxylic acids is 1. The molecule has 0 atom stereocenters. The molecule has 1 aromatic carbocycles. The number of thiophene rings is 1. The molecule has 0 spiro atoms. The average molecular weight is 311 g/mol. The lowest BCUT2D eigenvalue weighted by atomic mass is 10.1. The Morgan fingerprint density at radius 3 is 2.68 bits per heavy atom. The summed E-state index contributed by atoms with van der Waals surface area (Å²) in [6.45, 7) is 0.609. The van der Waals surface area contributed by atoms with Crippen molar-refractivity contribution in [3.05, 3.63) is 64.5 Å². The lowest BCUT2D eigenvalue weighted by Gasteiger charge is -2.08. The molecule has 110 valence electrons. The third-order valence-corrected chi connectivity index (χ3v) is 3.94. The van der Waals surface area contributed by atoms with E-state index in [-0.39, 0.29) is 5.56 Å². The van der Waals surface area contributed by atoms with Gasteiger partial charge in [-0.3, -0.25) is 0 Å². The van der Waals surface area contributed by atoms with Gasteiger partial charge in [0.2, 0.25) is 5.95 Å². The number of carboxylic acid groups (broad SMARTS) is 1. The van der Waals surface area contributed by atoms with Crippen LogP contribution in [0.2, 0.25) is 0 Å². The molecule has 0 fully saturated rings. The van der Waals surface area contributed by atoms with Crippen molar-refractivity contribution in [3.8, 4) is 11.3 Å². The minimum absolute atomic E-state index is 0.0906. The Balaban J connectivity index is 1.92. The van der Waals surface area contributed by atoms with Crippen molar-refractivity contribution < 1.29 is 9.90 Å². The SMILES string of the molecule is O=C(O)c1cnc(NCc2cccs2)nc1-c1ccccc1. The Morgan fingerprint density at radius 1 is 1.18 bits per heavy atom. The number of anilines is 1. The van der Waals surface area contributed by atoms with E-state index in [0.717, 1.165) is 10.4 Å². The summed E-state index contributed by atoms with van der Waals surface area (Å²) in [5, 5.41) is 14.4. The molecule has 3 rings (SSSR count). The maximum Gasteiger partial charge on any atom is 0.339 e. The van der Waals surface area contributed by atoms with Gasteiger partial charge in [0.1, 0.15) is 5.56 Å². The predicted octanol–water partition coefficient (Wildman–Crippen LogP) is 3.52. The minimum atomic E-state index is -1.04. The van der Waals surface area contributed by atoms with Crippen LogP contribution in [0.25, 0.3) is 11.3 Å². The van der Waals surface area contributed by atoms with Crippen molar-refractivity contribution in [2.24, 2.45) is 0 Å². The quantitative estimate of drug-likeness (QED) is 0.754. The lowest BCUT2D eigenvalue weighted by molar-refractivity contribution is 0.0697. The molecule has 0 aliphatic rings. The van der Waals surface area contributed by atoms with Crippen molar-refractivity contribution in [2.75, 3.05) is 5.32 Å². The van der Waals surface area contributed by atoms with E-state index in [2.05, 4.69) is 15.3 Å². The number of hydrogen-bond donors (Lipinski definition) is 2. The Kier molecular flexibility index (Phi) is 4.11. The first-order valence-corrected chi connectivity index (χ1v) is 7.54. The largest absolute Gasteiger partial charge is 0.478 e. The number of aromatic nitrogens is 2. The summed E-state index contributed by atoms with van der Waals surface area (Å²) in [6.07, 6.45) is 1.34. The monoisotopic (exact) mass is 311 g/mol. The number of carbonyl (C=O) groups is 1. The first-order chi connectivity index (χ1) is 10.7. The molecule has 3 aromatic rings. The van der Waals surface area contributed by atoms with Gasteiger partial charge < -0.3 is 10.4 Å². The Bertz CT molecular complexity index is 773. The van der Waals surface area contributed by atoms with Crippen LogP contribution in [-0.4, -0.2) is 21.0 Å². The van der Waals surface area contributed by atoms with Crippen LogP contribution < -0.4 is 5.32 Å². The maximum atomic E-state index is 11.4. The van der Waals surface area contributed by atoms with Crippen molar-refractivity contribution >= 4 is 23.3 Å². The molecular weight excluding hydrogens is 298 g/mol. The predicted molar refractivity (Wildman–Crippen MR) is 86.1 cm³/mol. The van der Waals surface area contributed by atoms with Crippen molar-refractivity contribution in [1.82, 2.24) is 9.97 Å². The van der Waals surface area contributed by atoms with E-state index in [1.54, 1.807) is 11.3 Å². The average Bonchev–Trinajstić information content (AvgIpc) is 3.07. The molecule has 5 nitrogen and oxygen atoms in total. The molecule has 2 aromatic heterocycles. The van der Waals surface area contributed by atoms with Crippen molar-refractivity contribution in [1.29, 1.82) is 0 Å². The number of benzene rings is 1. The fraction of sp³-hybridized carbons (Fsp3) is 0.0625. The molecule has 6 heteroatoms. The third kappa shape index (κ3) is 3.12. The van der Waals surface area contributed by atoms with E-state index in [4.69, 9.17) is 0 Å². The summed E-state index contributed by atoms with van der Waals surface area (Å²) in [7, 11) is 0. The highest BCUT2D eigenvalue weighted by atomic mass is 32.1. The van der Waals surface area contributed by atoms with Crippen LogP contribution in [0.5, 0.6) is 0 Å². The first kappa shape index (κ1) is 14.2. The van der Waals surface area contributed by atoms with Gasteiger partial charge in [0, 0.05) is 16.6 Å². The lowest BCUT2D eigenvalue weighted by Crippen LogP contribution is -2.08. The number of rotatable bonds is 5. The van der Waals surface area contributed by atoms with E-state index in [1.807, 2.05) is 47.8 Å². The van der Waals surface area contributed by atoms with Crippen LogP contribution in [0.1, 0.15) is 15.2 Å². The Hall–Kier alpha value is -2.73. The fourth-order valence-corrected chi connectivity index (χ4v) is 2.66. The van der Waals surface area contributed by atoms with Crippen LogP contribution >= 0.6 is 11.3 Å². The van der Waals surface area contributed by atoms with Gasteiger partial charge >= 0.3 is 5.97 Å². The van der Waals surface area contributed by atoms with Crippen LogP contribution in [0, 0.1) is 0 Å². The Labute approximate surface area is 131 Å². The van der Waals surface area contributed by atoms with E-state index in [1.165, 1.54) is 6.20 Å². The smallest absolute Gasteiger partial charge is 0.339 e. The van der Waals surface area contributed by atoms with E-state index in [0.29, 0.717) is 18.2 Å². The summed E-state index contributed by atoms with van der Waals surface area (Å²) < 4.78 is 0. The van der Waals surface area contributed by atoms with Gasteiger partial charge in [-0.25, -0.2) is 14.8 Å². The molecular formula is C16H13N3O2S. The first-order valence-electron chi connectivity index (χ1n) is 6.66. The van der Waals surface area contributed by atoms with Gasteiger partial charge in [0.25, 0.3) is 0 Å². The summed E-state index contributed by atoms with van der Waals surface area (Å²) in [6, 6.07) is 13.2. The number of hydrogen-bond acceptors (Lipinski definition) is 5. The Morgan fingerprint density at radius 2 is 2.00 bits per heavy atom. The zero-order valence-corrected chi connectivity index (χ0v) is 12.4. The van der Waals surface area contributed by atoms with Gasteiger partial charge in [0.05, 0.1) is 12.2 Å². The maximum absolute atomic E-state index is 11.4. The molecule has 2 heterocycles. The van der Waals surface area contributed by atoms with Crippen LogP contribution in [0.15, 0.2) is 54.0 Å². The molecule has 0 saturated heterocycles.